The number of hydrogen-bond acceptors (Lipinski definition) is 5. The van der Waals surface area contributed by atoms with E-state index in [0.717, 1.165) is 12.0 Å². The van der Waals surface area contributed by atoms with Gasteiger partial charge in [-0.1, -0.05) is 58.0 Å². The third-order valence-corrected chi connectivity index (χ3v) is 8.88. The summed E-state index contributed by atoms with van der Waals surface area (Å²) in [5, 5.41) is 16.5. The molecule has 0 radical (unpaired) electrons. The lowest BCUT2D eigenvalue weighted by atomic mass is 9.62. The van der Waals surface area contributed by atoms with Crippen LogP contribution in [0.15, 0.2) is 30.3 Å². The molecule has 0 aliphatic carbocycles. The van der Waals surface area contributed by atoms with Crippen LogP contribution in [-0.4, -0.2) is 70.2 Å². The lowest BCUT2D eigenvalue weighted by Crippen LogP contribution is -2.61. The number of likely N-dealkylation sites (tertiary alicyclic amines) is 1. The fraction of sp³-hybridized carbons (Fsp3) is 0.700. The Balaban J connectivity index is 1.80. The summed E-state index contributed by atoms with van der Waals surface area (Å²) < 4.78 is 6.75. The first-order chi connectivity index (χ1) is 17.6. The molecule has 3 N–H and O–H groups in total. The molecular weight excluding hydrogens is 482 g/mol. The first-order valence-corrected chi connectivity index (χ1v) is 13.8. The van der Waals surface area contributed by atoms with E-state index >= 15 is 0 Å². The number of nitrogens with zero attached hydrogens (tertiary/aromatic N) is 1. The Hall–Kier alpha value is -2.45. The lowest BCUT2D eigenvalue weighted by Gasteiger charge is -2.40. The second-order valence-electron chi connectivity index (χ2n) is 13.7. The molecule has 3 unspecified atom stereocenters. The second-order valence-corrected chi connectivity index (χ2v) is 13.7. The standard InChI is InChI=1S/C30H45N3O5/c1-18-15-30-22(21(24(35)31-8)29(18,7)38-30)26(37)33(20(16-34)14-19-12-10-9-11-13-19)23(30)25(36)32-28(5,6)17-27(2,3)4/h9-13,18,20-23,34H,14-17H2,1-8H3,(H,31,35)(H,32,36)/t18?,20-,21+,22+,23?,29-,30?/m1/s1. The van der Waals surface area contributed by atoms with Gasteiger partial charge in [0.2, 0.25) is 17.7 Å². The van der Waals surface area contributed by atoms with Crippen LogP contribution in [0.3, 0.4) is 0 Å². The predicted molar refractivity (Wildman–Crippen MR) is 145 cm³/mol. The normalized spacial score (nSPS) is 33.3. The first-order valence-electron chi connectivity index (χ1n) is 13.8. The van der Waals surface area contributed by atoms with Crippen molar-refractivity contribution in [1.29, 1.82) is 0 Å². The van der Waals surface area contributed by atoms with E-state index in [9.17, 15) is 19.5 Å². The quantitative estimate of drug-likeness (QED) is 0.482. The molecule has 3 fully saturated rings. The van der Waals surface area contributed by atoms with E-state index < -0.39 is 40.7 Å². The number of amides is 3. The van der Waals surface area contributed by atoms with Crippen LogP contribution in [0.5, 0.6) is 0 Å². The molecule has 4 rings (SSSR count). The van der Waals surface area contributed by atoms with Crippen molar-refractivity contribution in [3.8, 4) is 0 Å². The number of nitrogens with one attached hydrogen (secondary N) is 2. The van der Waals surface area contributed by atoms with E-state index in [-0.39, 0.29) is 35.7 Å². The molecule has 210 valence electrons. The smallest absolute Gasteiger partial charge is 0.246 e. The van der Waals surface area contributed by atoms with Crippen LogP contribution >= 0.6 is 0 Å². The van der Waals surface area contributed by atoms with Gasteiger partial charge in [0.1, 0.15) is 11.6 Å². The Labute approximate surface area is 226 Å². The van der Waals surface area contributed by atoms with E-state index in [1.807, 2.05) is 58.0 Å². The molecule has 3 aliphatic heterocycles. The highest BCUT2D eigenvalue weighted by Crippen LogP contribution is 2.65. The zero-order valence-electron chi connectivity index (χ0n) is 24.1. The Bertz CT molecular complexity index is 1080. The number of benzene rings is 1. The number of carbonyl (C=O) groups excluding carboxylic acids is 3. The Kier molecular flexibility index (Phi) is 7.24. The lowest BCUT2D eigenvalue weighted by molar-refractivity contribution is -0.151. The molecule has 8 nitrogen and oxygen atoms in total. The average molecular weight is 528 g/mol. The van der Waals surface area contributed by atoms with Crippen molar-refractivity contribution < 1.29 is 24.2 Å². The fourth-order valence-electron chi connectivity index (χ4n) is 7.83. The average Bonchev–Trinajstić information content (AvgIpc) is 3.32. The van der Waals surface area contributed by atoms with Crippen molar-refractivity contribution >= 4 is 17.7 Å². The maximum atomic E-state index is 14.3. The molecule has 3 aliphatic rings. The molecule has 0 saturated carbocycles. The maximum absolute atomic E-state index is 14.3. The van der Waals surface area contributed by atoms with Crippen molar-refractivity contribution in [2.45, 2.75) is 96.6 Å². The van der Waals surface area contributed by atoms with Gasteiger partial charge in [0.15, 0.2) is 0 Å². The van der Waals surface area contributed by atoms with Crippen molar-refractivity contribution in [2.24, 2.45) is 23.2 Å². The molecule has 2 bridgehead atoms. The number of aliphatic hydroxyl groups excluding tert-OH is 1. The minimum atomic E-state index is -1.14. The summed E-state index contributed by atoms with van der Waals surface area (Å²) in [5.74, 6) is -2.39. The number of aliphatic hydroxyl groups is 1. The summed E-state index contributed by atoms with van der Waals surface area (Å²) in [4.78, 5) is 43.4. The van der Waals surface area contributed by atoms with E-state index in [1.165, 1.54) is 0 Å². The van der Waals surface area contributed by atoms with Gasteiger partial charge in [0.25, 0.3) is 0 Å². The van der Waals surface area contributed by atoms with Crippen molar-refractivity contribution in [3.05, 3.63) is 35.9 Å². The van der Waals surface area contributed by atoms with Crippen molar-refractivity contribution in [3.63, 3.8) is 0 Å². The number of fused-ring (bicyclic) bond motifs is 1. The van der Waals surface area contributed by atoms with Gasteiger partial charge in [-0.15, -0.1) is 0 Å². The van der Waals surface area contributed by atoms with Gasteiger partial charge in [-0.25, -0.2) is 0 Å². The van der Waals surface area contributed by atoms with Crippen LogP contribution in [0.25, 0.3) is 0 Å². The highest BCUT2D eigenvalue weighted by Gasteiger charge is 2.80. The molecular formula is C30H45N3O5. The Morgan fingerprint density at radius 2 is 1.79 bits per heavy atom. The van der Waals surface area contributed by atoms with Gasteiger partial charge in [0, 0.05) is 12.6 Å². The minimum absolute atomic E-state index is 0.0294. The largest absolute Gasteiger partial charge is 0.394 e. The van der Waals surface area contributed by atoms with Crippen LogP contribution in [-0.2, 0) is 25.5 Å². The summed E-state index contributed by atoms with van der Waals surface area (Å²) in [5.41, 5.74) is -1.62. The zero-order valence-corrected chi connectivity index (χ0v) is 24.1. The van der Waals surface area contributed by atoms with Crippen LogP contribution in [0, 0.1) is 23.2 Å². The topological polar surface area (TPSA) is 108 Å². The van der Waals surface area contributed by atoms with Gasteiger partial charge >= 0.3 is 0 Å². The van der Waals surface area contributed by atoms with Crippen LogP contribution in [0.1, 0.15) is 66.9 Å². The molecule has 38 heavy (non-hydrogen) atoms. The van der Waals surface area contributed by atoms with Crippen LogP contribution < -0.4 is 10.6 Å². The molecule has 0 aromatic heterocycles. The maximum Gasteiger partial charge on any atom is 0.246 e. The first kappa shape index (κ1) is 28.6. The highest BCUT2D eigenvalue weighted by atomic mass is 16.5. The third kappa shape index (κ3) is 4.64. The number of ether oxygens (including phenoxy) is 1. The highest BCUT2D eigenvalue weighted by molar-refractivity contribution is 5.99. The SMILES string of the molecule is CNC(=O)[C@@H]1[C@H]2C(=O)N([C@@H](CO)Cc3ccccc3)C(C(=O)NC(C)(C)CC(C)(C)C)C23CC(C)[C@@]1(C)O3. The monoisotopic (exact) mass is 527 g/mol. The Morgan fingerprint density at radius 3 is 2.34 bits per heavy atom. The molecule has 3 heterocycles. The summed E-state index contributed by atoms with van der Waals surface area (Å²) >= 11 is 0. The second kappa shape index (κ2) is 9.63. The van der Waals surface area contributed by atoms with Gasteiger partial charge in [-0.3, -0.25) is 14.4 Å². The molecule has 1 spiro atoms. The van der Waals surface area contributed by atoms with Crippen LogP contribution in [0.2, 0.25) is 0 Å². The molecule has 1 aromatic rings. The van der Waals surface area contributed by atoms with Gasteiger partial charge in [-0.2, -0.15) is 0 Å². The molecule has 8 heteroatoms. The van der Waals surface area contributed by atoms with Crippen LogP contribution in [0.4, 0.5) is 0 Å². The fourth-order valence-corrected chi connectivity index (χ4v) is 7.83. The van der Waals surface area contributed by atoms with E-state index in [0.29, 0.717) is 12.8 Å². The molecule has 7 atom stereocenters. The Morgan fingerprint density at radius 1 is 1.16 bits per heavy atom. The van der Waals surface area contributed by atoms with E-state index in [1.54, 1.807) is 11.9 Å². The molecule has 3 saturated heterocycles. The third-order valence-electron chi connectivity index (χ3n) is 8.88. The van der Waals surface area contributed by atoms with E-state index in [2.05, 4.69) is 31.4 Å². The number of hydrogen-bond donors (Lipinski definition) is 3. The summed E-state index contributed by atoms with van der Waals surface area (Å²) in [6.45, 7) is 14.0. The van der Waals surface area contributed by atoms with E-state index in [4.69, 9.17) is 4.74 Å². The summed E-state index contributed by atoms with van der Waals surface area (Å²) in [6, 6.07) is 8.04. The summed E-state index contributed by atoms with van der Waals surface area (Å²) in [7, 11) is 1.57. The zero-order chi connectivity index (χ0) is 28.3. The number of carbonyl (C=O) groups is 3. The van der Waals surface area contributed by atoms with Crippen molar-refractivity contribution in [2.75, 3.05) is 13.7 Å². The van der Waals surface area contributed by atoms with Gasteiger partial charge in [0.05, 0.1) is 30.1 Å². The molecule has 3 amide bonds. The number of rotatable bonds is 8. The van der Waals surface area contributed by atoms with Gasteiger partial charge < -0.3 is 25.4 Å². The predicted octanol–water partition coefficient (Wildman–Crippen LogP) is 2.68. The minimum Gasteiger partial charge on any atom is -0.394 e. The molecule has 1 aromatic carbocycles. The van der Waals surface area contributed by atoms with Crippen molar-refractivity contribution in [1.82, 2.24) is 15.5 Å². The summed E-state index contributed by atoms with van der Waals surface area (Å²) in [6.07, 6.45) is 1.61. The van der Waals surface area contributed by atoms with Gasteiger partial charge in [-0.05, 0) is 56.9 Å².